The summed E-state index contributed by atoms with van der Waals surface area (Å²) in [4.78, 5) is 2.41. The highest BCUT2D eigenvalue weighted by Gasteiger charge is 2.32. The predicted octanol–water partition coefficient (Wildman–Crippen LogP) is 0.632. The van der Waals surface area contributed by atoms with Gasteiger partial charge in [-0.25, -0.2) is 0 Å². The van der Waals surface area contributed by atoms with Gasteiger partial charge in [-0.3, -0.25) is 4.68 Å². The van der Waals surface area contributed by atoms with Crippen molar-refractivity contribution in [2.75, 3.05) is 20.1 Å². The average Bonchev–Trinajstić information content (AvgIpc) is 3.01. The molecule has 2 N–H and O–H groups in total. The van der Waals surface area contributed by atoms with Gasteiger partial charge in [0.25, 0.3) is 0 Å². The molecular formula is C12H22N4. The average molecular weight is 222 g/mol. The summed E-state index contributed by atoms with van der Waals surface area (Å²) < 4.78 is 1.95. The molecule has 0 aromatic carbocycles. The molecule has 4 nitrogen and oxygen atoms in total. The lowest BCUT2D eigenvalue weighted by Gasteiger charge is -2.26. The van der Waals surface area contributed by atoms with E-state index in [1.807, 2.05) is 17.9 Å². The highest BCUT2D eigenvalue weighted by Crippen LogP contribution is 2.34. The third kappa shape index (κ3) is 2.62. The minimum atomic E-state index is 0.577. The molecule has 0 aliphatic heterocycles. The zero-order valence-corrected chi connectivity index (χ0v) is 10.3. The molecule has 2 rings (SSSR count). The maximum Gasteiger partial charge on any atom is 0.0492 e. The molecule has 0 bridgehead atoms. The smallest absolute Gasteiger partial charge is 0.0492 e. The van der Waals surface area contributed by atoms with E-state index < -0.39 is 0 Å². The van der Waals surface area contributed by atoms with Crippen molar-refractivity contribution >= 4 is 0 Å². The third-order valence-electron chi connectivity index (χ3n) is 3.62. The lowest BCUT2D eigenvalue weighted by molar-refractivity contribution is 0.225. The first-order valence-corrected chi connectivity index (χ1v) is 6.09. The van der Waals surface area contributed by atoms with E-state index >= 15 is 0 Å². The second kappa shape index (κ2) is 4.97. The van der Waals surface area contributed by atoms with Gasteiger partial charge in [-0.15, -0.1) is 0 Å². The van der Waals surface area contributed by atoms with Gasteiger partial charge in [-0.05, 0) is 31.9 Å². The molecule has 1 atom stereocenters. The first-order valence-electron chi connectivity index (χ1n) is 6.09. The molecule has 0 amide bonds. The zero-order valence-electron chi connectivity index (χ0n) is 10.3. The van der Waals surface area contributed by atoms with Gasteiger partial charge in [0.15, 0.2) is 0 Å². The normalized spacial score (nSPS) is 18.0. The summed E-state index contributed by atoms with van der Waals surface area (Å²) >= 11 is 0. The Morgan fingerprint density at radius 1 is 1.62 bits per heavy atom. The van der Waals surface area contributed by atoms with Gasteiger partial charge in [-0.2, -0.15) is 5.10 Å². The fraction of sp³-hybridized carbons (Fsp3) is 0.750. The maximum atomic E-state index is 5.83. The summed E-state index contributed by atoms with van der Waals surface area (Å²) in [6.45, 7) is 1.85. The number of aryl methyl sites for hydroxylation is 1. The molecule has 1 unspecified atom stereocenters. The van der Waals surface area contributed by atoms with E-state index in [4.69, 9.17) is 5.73 Å². The van der Waals surface area contributed by atoms with Crippen LogP contribution in [0.4, 0.5) is 0 Å². The van der Waals surface area contributed by atoms with Crippen LogP contribution in [0.3, 0.4) is 0 Å². The van der Waals surface area contributed by atoms with Crippen molar-refractivity contribution < 1.29 is 0 Å². The topological polar surface area (TPSA) is 47.1 Å². The van der Waals surface area contributed by atoms with Crippen LogP contribution in [0.2, 0.25) is 0 Å². The summed E-state index contributed by atoms with van der Waals surface area (Å²) in [6.07, 6.45) is 5.63. The number of nitrogens with zero attached hydrogens (tertiary/aromatic N) is 3. The van der Waals surface area contributed by atoms with Crippen LogP contribution in [0.15, 0.2) is 12.3 Å². The molecular weight excluding hydrogens is 200 g/mol. The lowest BCUT2D eigenvalue weighted by Crippen LogP contribution is -2.40. The largest absolute Gasteiger partial charge is 0.329 e. The molecule has 0 saturated heterocycles. The van der Waals surface area contributed by atoms with Crippen molar-refractivity contribution in [1.82, 2.24) is 14.7 Å². The van der Waals surface area contributed by atoms with Crippen molar-refractivity contribution in [2.24, 2.45) is 18.7 Å². The van der Waals surface area contributed by atoms with Crippen molar-refractivity contribution in [3.8, 4) is 0 Å². The van der Waals surface area contributed by atoms with Crippen LogP contribution in [0.1, 0.15) is 18.5 Å². The minimum absolute atomic E-state index is 0.577. The van der Waals surface area contributed by atoms with Gasteiger partial charge < -0.3 is 10.6 Å². The van der Waals surface area contributed by atoms with E-state index in [0.717, 1.165) is 25.4 Å². The molecule has 0 radical (unpaired) electrons. The molecule has 1 saturated carbocycles. The molecule has 90 valence electrons. The van der Waals surface area contributed by atoms with Crippen molar-refractivity contribution in [3.63, 3.8) is 0 Å². The second-order valence-corrected chi connectivity index (χ2v) is 4.82. The van der Waals surface area contributed by atoms with Gasteiger partial charge in [0.05, 0.1) is 0 Å². The first-order chi connectivity index (χ1) is 7.72. The van der Waals surface area contributed by atoms with Gasteiger partial charge in [0.1, 0.15) is 0 Å². The van der Waals surface area contributed by atoms with Crippen LogP contribution in [0.25, 0.3) is 0 Å². The van der Waals surface area contributed by atoms with Gasteiger partial charge in [0.2, 0.25) is 0 Å². The Morgan fingerprint density at radius 3 is 2.88 bits per heavy atom. The fourth-order valence-corrected chi connectivity index (χ4v) is 2.32. The molecule has 1 aliphatic rings. The van der Waals surface area contributed by atoms with E-state index in [9.17, 15) is 0 Å². The number of aromatic nitrogens is 2. The maximum absolute atomic E-state index is 5.83. The van der Waals surface area contributed by atoms with Crippen LogP contribution in [-0.4, -0.2) is 40.9 Å². The Balaban J connectivity index is 1.82. The third-order valence-corrected chi connectivity index (χ3v) is 3.62. The van der Waals surface area contributed by atoms with Gasteiger partial charge >= 0.3 is 0 Å². The fourth-order valence-electron chi connectivity index (χ4n) is 2.32. The summed E-state index contributed by atoms with van der Waals surface area (Å²) in [5.41, 5.74) is 7.12. The second-order valence-electron chi connectivity index (χ2n) is 4.82. The Labute approximate surface area is 97.4 Å². The molecule has 0 spiro atoms. The highest BCUT2D eigenvalue weighted by molar-refractivity contribution is 5.00. The molecule has 1 aromatic rings. The SMILES string of the molecule is CN(CCc1ccnn1C)C(CN)C1CC1. The molecule has 4 heteroatoms. The Kier molecular flexibility index (Phi) is 3.61. The van der Waals surface area contributed by atoms with Crippen LogP contribution in [0.5, 0.6) is 0 Å². The molecule has 1 aliphatic carbocycles. The monoisotopic (exact) mass is 222 g/mol. The van der Waals surface area contributed by atoms with Crippen molar-refractivity contribution in [3.05, 3.63) is 18.0 Å². The van der Waals surface area contributed by atoms with E-state index in [2.05, 4.69) is 23.1 Å². The van der Waals surface area contributed by atoms with E-state index in [1.54, 1.807) is 0 Å². The Bertz CT molecular complexity index is 330. The summed E-state index contributed by atoms with van der Waals surface area (Å²) in [5, 5.41) is 4.18. The zero-order chi connectivity index (χ0) is 11.5. The van der Waals surface area contributed by atoms with Crippen LogP contribution < -0.4 is 5.73 Å². The van der Waals surface area contributed by atoms with E-state index in [-0.39, 0.29) is 0 Å². The Morgan fingerprint density at radius 2 is 2.38 bits per heavy atom. The molecule has 16 heavy (non-hydrogen) atoms. The van der Waals surface area contributed by atoms with E-state index in [1.165, 1.54) is 18.5 Å². The van der Waals surface area contributed by atoms with Crippen molar-refractivity contribution in [2.45, 2.75) is 25.3 Å². The predicted molar refractivity (Wildman–Crippen MR) is 65.1 cm³/mol. The lowest BCUT2D eigenvalue weighted by atomic mass is 10.1. The molecule has 1 fully saturated rings. The van der Waals surface area contributed by atoms with Crippen molar-refractivity contribution in [1.29, 1.82) is 0 Å². The van der Waals surface area contributed by atoms with Crippen LogP contribution in [-0.2, 0) is 13.5 Å². The number of nitrogens with two attached hydrogens (primary N) is 1. The quantitative estimate of drug-likeness (QED) is 0.768. The minimum Gasteiger partial charge on any atom is -0.329 e. The van der Waals surface area contributed by atoms with Gasteiger partial charge in [-0.1, -0.05) is 0 Å². The molecule has 1 aromatic heterocycles. The first kappa shape index (κ1) is 11.6. The number of rotatable bonds is 6. The Hall–Kier alpha value is -0.870. The van der Waals surface area contributed by atoms with E-state index in [0.29, 0.717) is 6.04 Å². The number of hydrogen-bond donors (Lipinski definition) is 1. The summed E-state index contributed by atoms with van der Waals surface area (Å²) in [5.74, 6) is 0.849. The standard InChI is InChI=1S/C12H22N4/c1-15(12(9-13)10-3-4-10)8-6-11-5-7-14-16(11)2/h5,7,10,12H,3-4,6,8-9,13H2,1-2H3. The summed E-state index contributed by atoms with van der Waals surface area (Å²) in [6, 6.07) is 2.66. The van der Waals surface area contributed by atoms with Crippen LogP contribution in [0, 0.1) is 5.92 Å². The number of hydrogen-bond acceptors (Lipinski definition) is 3. The van der Waals surface area contributed by atoms with Crippen LogP contribution >= 0.6 is 0 Å². The highest BCUT2D eigenvalue weighted by atomic mass is 15.3. The summed E-state index contributed by atoms with van der Waals surface area (Å²) in [7, 11) is 4.18. The molecule has 1 heterocycles. The number of likely N-dealkylation sites (N-methyl/N-ethyl adjacent to an activating group) is 1. The van der Waals surface area contributed by atoms with Gasteiger partial charge in [0, 0.05) is 44.5 Å².